The fraction of sp³-hybridized carbons (Fsp3) is 0.368. The zero-order valence-corrected chi connectivity index (χ0v) is 17.1. The topological polar surface area (TPSA) is 51.5 Å². The third-order valence-corrected chi connectivity index (χ3v) is 5.00. The minimum absolute atomic E-state index is 0.0371. The second-order valence-electron chi connectivity index (χ2n) is 6.47. The Morgan fingerprint density at radius 1 is 1.14 bits per heavy atom. The Balaban J connectivity index is 1.78. The average Bonchev–Trinajstić information content (AvgIpc) is 2.90. The van der Waals surface area contributed by atoms with Crippen molar-refractivity contribution in [3.8, 4) is 0 Å². The molecule has 0 saturated heterocycles. The van der Waals surface area contributed by atoms with Gasteiger partial charge in [0.25, 0.3) is 0 Å². The molecule has 0 radical (unpaired) electrons. The summed E-state index contributed by atoms with van der Waals surface area (Å²) < 4.78 is 41.5. The Morgan fingerprint density at radius 2 is 1.86 bits per heavy atom. The van der Waals surface area contributed by atoms with Gasteiger partial charge in [-0.05, 0) is 54.5 Å². The molecule has 2 heterocycles. The van der Waals surface area contributed by atoms with E-state index < -0.39 is 6.36 Å². The maximum atomic E-state index is 12.1. The number of benzene rings is 1. The number of alkyl halides is 3. The molecular formula is C19H19Cl2F3N4O. The molecule has 0 saturated carbocycles. The first kappa shape index (κ1) is 21.7. The van der Waals surface area contributed by atoms with Gasteiger partial charge in [0.05, 0.1) is 6.61 Å². The van der Waals surface area contributed by atoms with E-state index in [4.69, 9.17) is 23.2 Å². The Morgan fingerprint density at radius 3 is 2.55 bits per heavy atom. The second kappa shape index (κ2) is 9.19. The maximum absolute atomic E-state index is 12.1. The van der Waals surface area contributed by atoms with E-state index in [0.29, 0.717) is 35.9 Å². The van der Waals surface area contributed by atoms with Crippen molar-refractivity contribution in [2.75, 3.05) is 11.9 Å². The number of nitrogens with zero attached hydrogens (tertiary/aromatic N) is 3. The van der Waals surface area contributed by atoms with E-state index in [1.807, 2.05) is 37.3 Å². The Kier molecular flexibility index (Phi) is 6.87. The third kappa shape index (κ3) is 5.52. The summed E-state index contributed by atoms with van der Waals surface area (Å²) in [4.78, 5) is 4.29. The minimum Gasteiger partial charge on any atom is -0.364 e. The summed E-state index contributed by atoms with van der Waals surface area (Å²) in [6, 6.07) is 9.80. The SMILES string of the molecule is Cc1c(CCCCOC(F)(F)F)c(Cl)n2nc(Cl)nc(NCc3ccccc3)c12. The molecule has 156 valence electrons. The molecule has 0 fully saturated rings. The quantitative estimate of drug-likeness (QED) is 0.443. The van der Waals surface area contributed by atoms with E-state index in [1.165, 1.54) is 4.52 Å². The summed E-state index contributed by atoms with van der Waals surface area (Å²) in [6.07, 6.45) is -3.37. The molecule has 5 nitrogen and oxygen atoms in total. The zero-order chi connectivity index (χ0) is 21.0. The molecule has 0 spiro atoms. The fourth-order valence-corrected chi connectivity index (χ4v) is 3.61. The molecular weight excluding hydrogens is 428 g/mol. The molecule has 0 atom stereocenters. The van der Waals surface area contributed by atoms with Gasteiger partial charge in [-0.15, -0.1) is 18.3 Å². The molecule has 10 heteroatoms. The first-order valence-electron chi connectivity index (χ1n) is 8.98. The van der Waals surface area contributed by atoms with Crippen LogP contribution in [-0.2, 0) is 17.7 Å². The number of rotatable bonds is 8. The van der Waals surface area contributed by atoms with Crippen molar-refractivity contribution in [3.05, 3.63) is 57.5 Å². The highest BCUT2D eigenvalue weighted by atomic mass is 35.5. The molecule has 0 unspecified atom stereocenters. The number of ether oxygens (including phenoxy) is 1. The Hall–Kier alpha value is -2.03. The zero-order valence-electron chi connectivity index (χ0n) is 15.6. The van der Waals surface area contributed by atoms with Gasteiger partial charge < -0.3 is 5.32 Å². The van der Waals surface area contributed by atoms with Crippen LogP contribution >= 0.6 is 23.2 Å². The van der Waals surface area contributed by atoms with Crippen LogP contribution in [-0.4, -0.2) is 27.6 Å². The first-order valence-corrected chi connectivity index (χ1v) is 9.73. The lowest BCUT2D eigenvalue weighted by molar-refractivity contribution is -0.324. The van der Waals surface area contributed by atoms with Gasteiger partial charge in [-0.2, -0.15) is 4.98 Å². The molecule has 1 aromatic carbocycles. The molecule has 1 N–H and O–H groups in total. The van der Waals surface area contributed by atoms with Crippen molar-refractivity contribution >= 4 is 34.5 Å². The van der Waals surface area contributed by atoms with Crippen LogP contribution in [0.3, 0.4) is 0 Å². The summed E-state index contributed by atoms with van der Waals surface area (Å²) in [5.74, 6) is 0.542. The number of hydrogen-bond donors (Lipinski definition) is 1. The molecule has 0 aliphatic rings. The number of hydrogen-bond acceptors (Lipinski definition) is 4. The minimum atomic E-state index is -4.61. The number of nitrogens with one attached hydrogen (secondary N) is 1. The Bertz CT molecular complexity index is 977. The van der Waals surface area contributed by atoms with Crippen molar-refractivity contribution in [2.24, 2.45) is 0 Å². The summed E-state index contributed by atoms with van der Waals surface area (Å²) in [7, 11) is 0. The van der Waals surface area contributed by atoms with Gasteiger partial charge in [0.1, 0.15) is 10.7 Å². The monoisotopic (exact) mass is 446 g/mol. The number of halogens is 5. The largest absolute Gasteiger partial charge is 0.522 e. The van der Waals surface area contributed by atoms with E-state index in [-0.39, 0.29) is 18.3 Å². The van der Waals surface area contributed by atoms with E-state index in [1.54, 1.807) is 0 Å². The summed E-state index contributed by atoms with van der Waals surface area (Å²) >= 11 is 12.5. The average molecular weight is 447 g/mol. The van der Waals surface area contributed by atoms with Gasteiger partial charge in [-0.1, -0.05) is 41.9 Å². The van der Waals surface area contributed by atoms with Crippen LogP contribution in [0.25, 0.3) is 5.52 Å². The van der Waals surface area contributed by atoms with Crippen molar-refractivity contribution in [1.82, 2.24) is 14.6 Å². The predicted molar refractivity (Wildman–Crippen MR) is 106 cm³/mol. The van der Waals surface area contributed by atoms with Gasteiger partial charge in [0, 0.05) is 6.54 Å². The number of fused-ring (bicyclic) bond motifs is 1. The molecule has 3 rings (SSSR count). The standard InChI is InChI=1S/C19H19Cl2F3N4O/c1-12-14(9-5-6-10-29-19(22,23)24)16(20)28-15(12)17(26-18(21)27-28)25-11-13-7-3-2-4-8-13/h2-4,7-8H,5-6,9-11H2,1H3,(H,25,26,27). The van der Waals surface area contributed by atoms with E-state index >= 15 is 0 Å². The molecule has 0 bridgehead atoms. The van der Waals surface area contributed by atoms with Gasteiger partial charge in [0.2, 0.25) is 5.28 Å². The lowest BCUT2D eigenvalue weighted by Crippen LogP contribution is -2.14. The lowest BCUT2D eigenvalue weighted by atomic mass is 10.1. The van der Waals surface area contributed by atoms with E-state index in [9.17, 15) is 13.2 Å². The smallest absolute Gasteiger partial charge is 0.364 e. The van der Waals surface area contributed by atoms with Crippen LogP contribution in [0.5, 0.6) is 0 Å². The number of aryl methyl sites for hydroxylation is 1. The second-order valence-corrected chi connectivity index (χ2v) is 7.17. The normalized spacial score (nSPS) is 11.9. The highest BCUT2D eigenvalue weighted by Crippen LogP contribution is 2.32. The van der Waals surface area contributed by atoms with Crippen molar-refractivity contribution < 1.29 is 17.9 Å². The van der Waals surface area contributed by atoms with Crippen LogP contribution in [0, 0.1) is 6.92 Å². The van der Waals surface area contributed by atoms with Gasteiger partial charge in [0.15, 0.2) is 5.82 Å². The predicted octanol–water partition coefficient (Wildman–Crippen LogP) is 5.82. The third-order valence-electron chi connectivity index (χ3n) is 4.46. The van der Waals surface area contributed by atoms with Crippen molar-refractivity contribution in [3.63, 3.8) is 0 Å². The van der Waals surface area contributed by atoms with Gasteiger partial charge >= 0.3 is 6.36 Å². The molecule has 2 aromatic heterocycles. The van der Waals surface area contributed by atoms with Crippen LogP contribution in [0.2, 0.25) is 10.4 Å². The van der Waals surface area contributed by atoms with Crippen LogP contribution in [0.15, 0.2) is 30.3 Å². The molecule has 0 aliphatic carbocycles. The first-order chi connectivity index (χ1) is 13.8. The summed E-state index contributed by atoms with van der Waals surface area (Å²) in [5, 5.41) is 7.85. The van der Waals surface area contributed by atoms with Crippen LogP contribution in [0.4, 0.5) is 19.0 Å². The maximum Gasteiger partial charge on any atom is 0.522 e. The van der Waals surface area contributed by atoms with Crippen molar-refractivity contribution in [2.45, 2.75) is 39.1 Å². The highest BCUT2D eigenvalue weighted by molar-refractivity contribution is 6.31. The van der Waals surface area contributed by atoms with E-state index in [0.717, 1.165) is 16.7 Å². The number of unbranched alkanes of at least 4 members (excludes halogenated alkanes) is 1. The number of anilines is 1. The Labute approximate surface area is 175 Å². The molecule has 3 aromatic rings. The van der Waals surface area contributed by atoms with Gasteiger partial charge in [-0.3, -0.25) is 4.74 Å². The molecule has 29 heavy (non-hydrogen) atoms. The summed E-state index contributed by atoms with van der Waals surface area (Å²) in [5.41, 5.74) is 3.43. The van der Waals surface area contributed by atoms with E-state index in [2.05, 4.69) is 20.1 Å². The number of aromatic nitrogens is 3. The van der Waals surface area contributed by atoms with Gasteiger partial charge in [-0.25, -0.2) is 4.52 Å². The summed E-state index contributed by atoms with van der Waals surface area (Å²) in [6.45, 7) is 2.03. The molecule has 0 aliphatic heterocycles. The molecule has 0 amide bonds. The van der Waals surface area contributed by atoms with Crippen molar-refractivity contribution in [1.29, 1.82) is 0 Å². The van der Waals surface area contributed by atoms with Crippen LogP contribution in [0.1, 0.15) is 29.5 Å². The highest BCUT2D eigenvalue weighted by Gasteiger charge is 2.28. The lowest BCUT2D eigenvalue weighted by Gasteiger charge is -2.09. The van der Waals surface area contributed by atoms with Crippen LogP contribution < -0.4 is 5.32 Å². The fourth-order valence-electron chi connectivity index (χ4n) is 3.09.